The molecule has 2 heterocycles. The van der Waals surface area contributed by atoms with Crippen LogP contribution >= 0.6 is 23.2 Å². The van der Waals surface area contributed by atoms with Gasteiger partial charge in [-0.15, -0.1) is 0 Å². The summed E-state index contributed by atoms with van der Waals surface area (Å²) in [7, 11) is -4.70. The van der Waals surface area contributed by atoms with E-state index in [0.717, 1.165) is 6.07 Å². The Bertz CT molecular complexity index is 1790. The highest BCUT2D eigenvalue weighted by Gasteiger charge is 2.20. The topological polar surface area (TPSA) is 120 Å². The first-order chi connectivity index (χ1) is 14.1. The van der Waals surface area contributed by atoms with Gasteiger partial charge in [0.05, 0.1) is 27.5 Å². The smallest absolute Gasteiger partial charge is 0.295 e. The molecular weight excluding hydrogens is 451 g/mol. The Labute approximate surface area is 177 Å². The zero-order chi connectivity index (χ0) is 21.4. The average molecular weight is 461 g/mol. The first-order valence-corrected chi connectivity index (χ1v) is 10.7. The molecule has 0 bridgehead atoms. The number of rotatable bonds is 1. The monoisotopic (exact) mass is 460 g/mol. The van der Waals surface area contributed by atoms with Crippen molar-refractivity contribution in [3.63, 3.8) is 0 Å². The largest absolute Gasteiger partial charge is 0.354 e. The standard InChI is InChI=1S/C20H10Cl2N2O5S/c21-8-1-2-10-13(3-8)23-14-7-12-15(6-11(14)19(10)25)24-16-4-9(22)5-17(30(27,28)29)18(16)20(12)26/h1-7H,(H,23,25)(H,24,26)(H,27,28,29). The molecule has 0 saturated heterocycles. The maximum atomic E-state index is 13.2. The summed E-state index contributed by atoms with van der Waals surface area (Å²) in [6.45, 7) is 0. The zero-order valence-corrected chi connectivity index (χ0v) is 17.1. The van der Waals surface area contributed by atoms with Crippen molar-refractivity contribution in [2.24, 2.45) is 0 Å². The van der Waals surface area contributed by atoms with Gasteiger partial charge in [-0.2, -0.15) is 8.42 Å². The predicted octanol–water partition coefficient (Wildman–Crippen LogP) is 4.23. The first kappa shape index (κ1) is 19.1. The van der Waals surface area contributed by atoms with Gasteiger partial charge in [0.25, 0.3) is 10.1 Å². The van der Waals surface area contributed by atoms with E-state index in [1.165, 1.54) is 18.2 Å². The molecule has 0 fully saturated rings. The number of hydrogen-bond donors (Lipinski definition) is 3. The van der Waals surface area contributed by atoms with Crippen LogP contribution in [-0.4, -0.2) is 22.9 Å². The Balaban J connectivity index is 2.01. The van der Waals surface area contributed by atoms with Gasteiger partial charge in [0.1, 0.15) is 4.90 Å². The van der Waals surface area contributed by atoms with Crippen LogP contribution in [0.15, 0.2) is 56.9 Å². The Morgan fingerprint density at radius 1 is 0.700 bits per heavy atom. The van der Waals surface area contributed by atoms with Gasteiger partial charge in [-0.25, -0.2) is 0 Å². The second kappa shape index (κ2) is 6.29. The molecule has 2 aromatic heterocycles. The summed E-state index contributed by atoms with van der Waals surface area (Å²) in [5.74, 6) is 0. The molecule has 5 aromatic rings. The lowest BCUT2D eigenvalue weighted by Gasteiger charge is -2.09. The second-order valence-electron chi connectivity index (χ2n) is 6.84. The second-order valence-corrected chi connectivity index (χ2v) is 9.11. The van der Waals surface area contributed by atoms with E-state index < -0.39 is 20.4 Å². The minimum absolute atomic E-state index is 0.0200. The molecule has 0 aliphatic rings. The molecule has 10 heteroatoms. The van der Waals surface area contributed by atoms with Gasteiger partial charge in [-0.1, -0.05) is 23.2 Å². The van der Waals surface area contributed by atoms with E-state index in [0.29, 0.717) is 32.3 Å². The van der Waals surface area contributed by atoms with Crippen molar-refractivity contribution in [1.29, 1.82) is 0 Å². The number of hydrogen-bond acceptors (Lipinski definition) is 4. The molecule has 0 unspecified atom stereocenters. The summed E-state index contributed by atoms with van der Waals surface area (Å²) in [5, 5.41) is 1.15. The molecule has 3 aromatic carbocycles. The third-order valence-electron chi connectivity index (χ3n) is 4.98. The predicted molar refractivity (Wildman–Crippen MR) is 118 cm³/mol. The molecule has 3 N–H and O–H groups in total. The van der Waals surface area contributed by atoms with Gasteiger partial charge < -0.3 is 9.97 Å². The summed E-state index contributed by atoms with van der Waals surface area (Å²) in [5.41, 5.74) is 0.453. The number of benzene rings is 3. The van der Waals surface area contributed by atoms with Crippen molar-refractivity contribution in [2.75, 3.05) is 0 Å². The number of aromatic nitrogens is 2. The molecule has 0 spiro atoms. The van der Waals surface area contributed by atoms with E-state index in [4.69, 9.17) is 23.2 Å². The van der Waals surface area contributed by atoms with Gasteiger partial charge in [-0.3, -0.25) is 14.1 Å². The quantitative estimate of drug-likeness (QED) is 0.255. The minimum Gasteiger partial charge on any atom is -0.354 e. The van der Waals surface area contributed by atoms with Crippen LogP contribution in [-0.2, 0) is 10.1 Å². The maximum Gasteiger partial charge on any atom is 0.295 e. The lowest BCUT2D eigenvalue weighted by molar-refractivity contribution is 0.484. The van der Waals surface area contributed by atoms with Crippen LogP contribution in [0.4, 0.5) is 0 Å². The number of aromatic amines is 2. The molecule has 0 aliphatic heterocycles. The Hall–Kier alpha value is -2.91. The molecule has 0 saturated carbocycles. The lowest BCUT2D eigenvalue weighted by atomic mass is 10.1. The van der Waals surface area contributed by atoms with Crippen molar-refractivity contribution in [3.05, 3.63) is 73.0 Å². The molecule has 0 radical (unpaired) electrons. The lowest BCUT2D eigenvalue weighted by Crippen LogP contribution is -2.11. The fourth-order valence-electron chi connectivity index (χ4n) is 3.69. The maximum absolute atomic E-state index is 13.2. The highest BCUT2D eigenvalue weighted by atomic mass is 35.5. The van der Waals surface area contributed by atoms with Crippen molar-refractivity contribution in [3.8, 4) is 0 Å². The van der Waals surface area contributed by atoms with Crippen LogP contribution in [0.3, 0.4) is 0 Å². The molecule has 0 atom stereocenters. The summed E-state index contributed by atoms with van der Waals surface area (Å²) in [6, 6.07) is 10.2. The zero-order valence-electron chi connectivity index (χ0n) is 14.8. The summed E-state index contributed by atoms with van der Waals surface area (Å²) < 4.78 is 33.2. The van der Waals surface area contributed by atoms with Crippen molar-refractivity contribution in [1.82, 2.24) is 9.97 Å². The molecule has 0 amide bonds. The van der Waals surface area contributed by atoms with Crippen molar-refractivity contribution in [2.45, 2.75) is 4.90 Å². The first-order valence-electron chi connectivity index (χ1n) is 8.55. The van der Waals surface area contributed by atoms with Gasteiger partial charge in [-0.05, 0) is 42.5 Å². The van der Waals surface area contributed by atoms with E-state index in [1.807, 2.05) is 0 Å². The SMILES string of the molecule is O=c1c2ccc(Cl)cc2[nH]c2cc3c(=O)c4c(S(=O)(=O)O)cc(Cl)cc4[nH]c3cc12. The third kappa shape index (κ3) is 2.80. The number of H-pyrrole nitrogens is 2. The van der Waals surface area contributed by atoms with Crippen LogP contribution in [0.2, 0.25) is 10.0 Å². The molecule has 0 aliphatic carbocycles. The van der Waals surface area contributed by atoms with E-state index in [9.17, 15) is 22.6 Å². The van der Waals surface area contributed by atoms with E-state index >= 15 is 0 Å². The Morgan fingerprint density at radius 3 is 1.93 bits per heavy atom. The van der Waals surface area contributed by atoms with E-state index in [-0.39, 0.29) is 26.7 Å². The van der Waals surface area contributed by atoms with E-state index in [1.54, 1.807) is 18.2 Å². The number of nitrogens with one attached hydrogen (secondary N) is 2. The minimum atomic E-state index is -4.70. The molecule has 30 heavy (non-hydrogen) atoms. The number of pyridine rings is 2. The average Bonchev–Trinajstić information content (AvgIpc) is 2.66. The fourth-order valence-corrected chi connectivity index (χ4v) is 4.88. The normalized spacial score (nSPS) is 12.4. The highest BCUT2D eigenvalue weighted by Crippen LogP contribution is 2.28. The third-order valence-corrected chi connectivity index (χ3v) is 6.31. The number of fused-ring (bicyclic) bond motifs is 4. The summed E-state index contributed by atoms with van der Waals surface area (Å²) in [6.07, 6.45) is 0. The molecular formula is C20H10Cl2N2O5S. The Kier molecular flexibility index (Phi) is 4.00. The molecule has 7 nitrogen and oxygen atoms in total. The van der Waals surface area contributed by atoms with Crippen LogP contribution in [0, 0.1) is 0 Å². The van der Waals surface area contributed by atoms with Crippen LogP contribution in [0.5, 0.6) is 0 Å². The highest BCUT2D eigenvalue weighted by molar-refractivity contribution is 7.86. The Morgan fingerprint density at radius 2 is 1.27 bits per heavy atom. The number of halogens is 2. The summed E-state index contributed by atoms with van der Waals surface area (Å²) in [4.78, 5) is 31.5. The van der Waals surface area contributed by atoms with Crippen LogP contribution in [0.1, 0.15) is 0 Å². The van der Waals surface area contributed by atoms with Gasteiger partial charge in [0.15, 0.2) is 10.9 Å². The molecule has 150 valence electrons. The molecule has 5 rings (SSSR count). The van der Waals surface area contributed by atoms with Crippen molar-refractivity contribution >= 4 is 76.9 Å². The fraction of sp³-hybridized carbons (Fsp3) is 0. The van der Waals surface area contributed by atoms with Gasteiger partial charge >= 0.3 is 0 Å². The van der Waals surface area contributed by atoms with Crippen molar-refractivity contribution < 1.29 is 13.0 Å². The van der Waals surface area contributed by atoms with E-state index in [2.05, 4.69) is 9.97 Å². The van der Waals surface area contributed by atoms with Gasteiger partial charge in [0.2, 0.25) is 0 Å². The summed E-state index contributed by atoms with van der Waals surface area (Å²) >= 11 is 12.0. The van der Waals surface area contributed by atoms with Crippen LogP contribution < -0.4 is 10.9 Å². The van der Waals surface area contributed by atoms with Crippen LogP contribution in [0.25, 0.3) is 43.6 Å². The van der Waals surface area contributed by atoms with Gasteiger partial charge in [0, 0.05) is 26.2 Å².